The summed E-state index contributed by atoms with van der Waals surface area (Å²) >= 11 is 0. The minimum absolute atomic E-state index is 0.110. The third-order valence-corrected chi connectivity index (χ3v) is 5.16. The summed E-state index contributed by atoms with van der Waals surface area (Å²) in [5.74, 6) is -0.378. The van der Waals surface area contributed by atoms with E-state index < -0.39 is 11.5 Å². The number of rotatable bonds is 5. The summed E-state index contributed by atoms with van der Waals surface area (Å²) in [4.78, 5) is 38.7. The summed E-state index contributed by atoms with van der Waals surface area (Å²) in [7, 11) is 1.26. The second-order valence-corrected chi connectivity index (χ2v) is 8.72. The van der Waals surface area contributed by atoms with Gasteiger partial charge in [-0.3, -0.25) is 19.6 Å². The molecule has 0 unspecified atom stereocenters. The molecule has 3 rings (SSSR count). The first-order valence-corrected chi connectivity index (χ1v) is 10.2. The summed E-state index contributed by atoms with van der Waals surface area (Å²) in [6.45, 7) is 7.90. The number of amides is 3. The fourth-order valence-corrected chi connectivity index (χ4v) is 3.37. The highest BCUT2D eigenvalue weighted by Crippen LogP contribution is 2.31. The molecule has 0 aliphatic carbocycles. The van der Waals surface area contributed by atoms with Crippen LogP contribution in [0.4, 0.5) is 10.5 Å². The van der Waals surface area contributed by atoms with Gasteiger partial charge in [-0.15, -0.1) is 0 Å². The van der Waals surface area contributed by atoms with E-state index in [0.717, 1.165) is 0 Å². The summed E-state index contributed by atoms with van der Waals surface area (Å²) in [6, 6.07) is 6.65. The first kappa shape index (κ1) is 23.0. The van der Waals surface area contributed by atoms with Gasteiger partial charge in [0.05, 0.1) is 31.2 Å². The number of carbonyl (C=O) groups is 3. The number of hydrogen-bond donors (Lipinski definition) is 3. The lowest BCUT2D eigenvalue weighted by Crippen LogP contribution is -2.49. The molecule has 10 nitrogen and oxygen atoms in total. The Bertz CT molecular complexity index is 1070. The van der Waals surface area contributed by atoms with Gasteiger partial charge in [0.2, 0.25) is 5.91 Å². The van der Waals surface area contributed by atoms with E-state index in [-0.39, 0.29) is 24.5 Å². The van der Waals surface area contributed by atoms with Crippen LogP contribution < -0.4 is 10.6 Å². The van der Waals surface area contributed by atoms with Crippen molar-refractivity contribution in [2.24, 2.45) is 5.41 Å². The molecule has 0 radical (unpaired) electrons. The number of nitrogens with one attached hydrogen (secondary N) is 3. The fraction of sp³-hybridized carbons (Fsp3) is 0.409. The van der Waals surface area contributed by atoms with Crippen molar-refractivity contribution in [1.82, 2.24) is 20.0 Å². The lowest BCUT2D eigenvalue weighted by molar-refractivity contribution is -0.129. The van der Waals surface area contributed by atoms with Crippen LogP contribution in [-0.4, -0.2) is 59.1 Å². The number of aromatic nitrogens is 2. The van der Waals surface area contributed by atoms with Gasteiger partial charge in [-0.25, -0.2) is 4.79 Å². The van der Waals surface area contributed by atoms with E-state index in [0.29, 0.717) is 34.7 Å². The van der Waals surface area contributed by atoms with Crippen molar-refractivity contribution in [3.63, 3.8) is 0 Å². The van der Waals surface area contributed by atoms with Crippen LogP contribution in [0, 0.1) is 10.8 Å². The van der Waals surface area contributed by atoms with Gasteiger partial charge in [0, 0.05) is 23.7 Å². The van der Waals surface area contributed by atoms with Crippen molar-refractivity contribution >= 4 is 29.8 Å². The van der Waals surface area contributed by atoms with E-state index in [1.165, 1.54) is 13.3 Å². The zero-order valence-corrected chi connectivity index (χ0v) is 18.9. The Balaban J connectivity index is 1.91. The Morgan fingerprint density at radius 1 is 1.31 bits per heavy atom. The average molecular weight is 441 g/mol. The highest BCUT2D eigenvalue weighted by atomic mass is 16.5. The average Bonchev–Trinajstić information content (AvgIpc) is 3.20. The highest BCUT2D eigenvalue weighted by molar-refractivity contribution is 5.97. The van der Waals surface area contributed by atoms with Crippen LogP contribution in [0.2, 0.25) is 0 Å². The van der Waals surface area contributed by atoms with Gasteiger partial charge in [-0.1, -0.05) is 26.8 Å². The first-order chi connectivity index (χ1) is 15.0. The molecule has 3 N–H and O–H groups in total. The molecule has 0 saturated heterocycles. The SMILES string of the molecule is COC(=O)Nc1cc(C=N)ccc1-c1cc2n(n1)[C@@H](C)CN(CNC(=O)C(C)(C)C)C2=O. The zero-order chi connectivity index (χ0) is 23.6. The zero-order valence-electron chi connectivity index (χ0n) is 18.9. The van der Waals surface area contributed by atoms with Crippen molar-refractivity contribution in [1.29, 1.82) is 5.41 Å². The maximum Gasteiger partial charge on any atom is 0.411 e. The molecule has 2 heterocycles. The number of carbonyl (C=O) groups excluding carboxylic acids is 3. The van der Waals surface area contributed by atoms with Crippen molar-refractivity contribution in [3.05, 3.63) is 35.5 Å². The Morgan fingerprint density at radius 2 is 2.03 bits per heavy atom. The van der Waals surface area contributed by atoms with Gasteiger partial charge >= 0.3 is 6.09 Å². The molecule has 32 heavy (non-hydrogen) atoms. The molecule has 1 aromatic heterocycles. The van der Waals surface area contributed by atoms with Crippen LogP contribution in [0.15, 0.2) is 24.3 Å². The third-order valence-electron chi connectivity index (χ3n) is 5.16. The Morgan fingerprint density at radius 3 is 2.66 bits per heavy atom. The van der Waals surface area contributed by atoms with Crippen molar-refractivity contribution in [3.8, 4) is 11.3 Å². The van der Waals surface area contributed by atoms with E-state index in [4.69, 9.17) is 10.1 Å². The quantitative estimate of drug-likeness (QED) is 0.616. The number of hydrogen-bond acceptors (Lipinski definition) is 6. The first-order valence-electron chi connectivity index (χ1n) is 10.2. The molecular formula is C22H28N6O4. The molecule has 1 atom stereocenters. The fourth-order valence-electron chi connectivity index (χ4n) is 3.37. The van der Waals surface area contributed by atoms with Crippen LogP contribution >= 0.6 is 0 Å². The predicted octanol–water partition coefficient (Wildman–Crippen LogP) is 2.86. The molecule has 0 bridgehead atoms. The number of nitrogens with zero attached hydrogens (tertiary/aromatic N) is 3. The van der Waals surface area contributed by atoms with Crippen molar-refractivity contribution in [2.75, 3.05) is 25.6 Å². The summed E-state index contributed by atoms with van der Waals surface area (Å²) in [6.07, 6.45) is 0.516. The van der Waals surface area contributed by atoms with Crippen molar-refractivity contribution < 1.29 is 19.1 Å². The van der Waals surface area contributed by atoms with Gasteiger partial charge in [0.1, 0.15) is 5.69 Å². The third kappa shape index (κ3) is 4.63. The summed E-state index contributed by atoms with van der Waals surface area (Å²) < 4.78 is 6.35. The van der Waals surface area contributed by atoms with Crippen LogP contribution in [0.3, 0.4) is 0 Å². The normalized spacial score (nSPS) is 15.7. The Labute approximate surface area is 186 Å². The minimum atomic E-state index is -0.650. The Kier molecular flexibility index (Phi) is 6.33. The monoisotopic (exact) mass is 440 g/mol. The number of methoxy groups -OCH3 is 1. The predicted molar refractivity (Wildman–Crippen MR) is 120 cm³/mol. The topological polar surface area (TPSA) is 129 Å². The van der Waals surface area contributed by atoms with Crippen molar-refractivity contribution in [2.45, 2.75) is 33.7 Å². The second-order valence-electron chi connectivity index (χ2n) is 8.72. The van der Waals surface area contributed by atoms with Crippen LogP contribution in [0.1, 0.15) is 49.8 Å². The number of benzene rings is 1. The lowest BCUT2D eigenvalue weighted by Gasteiger charge is -2.32. The van der Waals surface area contributed by atoms with Gasteiger partial charge in [-0.2, -0.15) is 5.10 Å². The number of ether oxygens (including phenoxy) is 1. The van der Waals surface area contributed by atoms with Gasteiger partial charge in [0.15, 0.2) is 0 Å². The van der Waals surface area contributed by atoms with E-state index in [9.17, 15) is 14.4 Å². The molecular weight excluding hydrogens is 412 g/mol. The molecule has 1 aliphatic heterocycles. The van der Waals surface area contributed by atoms with E-state index in [1.54, 1.807) is 33.8 Å². The lowest BCUT2D eigenvalue weighted by atomic mass is 9.96. The van der Waals surface area contributed by atoms with E-state index in [2.05, 4.69) is 15.7 Å². The maximum atomic E-state index is 13.1. The molecule has 3 amide bonds. The Hall–Kier alpha value is -3.69. The molecule has 1 aliphatic rings. The van der Waals surface area contributed by atoms with Gasteiger partial charge in [-0.05, 0) is 30.7 Å². The van der Waals surface area contributed by atoms with Crippen LogP contribution in [0.5, 0.6) is 0 Å². The van der Waals surface area contributed by atoms with Crippen LogP contribution in [-0.2, 0) is 9.53 Å². The standard InChI is InChI=1S/C22H28N6O4/c1-13-11-27(12-24-20(30)22(2,3)4)19(29)18-9-17(26-28(13)18)15-7-6-14(10-23)8-16(15)25-21(31)32-5/h6-10,13,23H,11-12H2,1-5H3,(H,24,30)(H,25,31)/t13-/m0/s1. The number of anilines is 1. The largest absolute Gasteiger partial charge is 0.453 e. The second kappa shape index (κ2) is 8.81. The van der Waals surface area contributed by atoms with Gasteiger partial charge < -0.3 is 20.4 Å². The molecule has 170 valence electrons. The molecule has 2 aromatic rings. The minimum Gasteiger partial charge on any atom is -0.453 e. The number of fused-ring (bicyclic) bond motifs is 1. The maximum absolute atomic E-state index is 13.1. The molecule has 0 saturated carbocycles. The van der Waals surface area contributed by atoms with E-state index >= 15 is 0 Å². The molecule has 10 heteroatoms. The van der Waals surface area contributed by atoms with Crippen LogP contribution in [0.25, 0.3) is 11.3 Å². The van der Waals surface area contributed by atoms with E-state index in [1.807, 2.05) is 27.7 Å². The summed E-state index contributed by atoms with van der Waals surface area (Å²) in [5, 5.41) is 17.5. The molecule has 0 fully saturated rings. The highest BCUT2D eigenvalue weighted by Gasteiger charge is 2.32. The molecule has 1 aromatic carbocycles. The smallest absolute Gasteiger partial charge is 0.411 e. The molecule has 0 spiro atoms. The summed E-state index contributed by atoms with van der Waals surface area (Å²) in [5.41, 5.74) is 1.95. The van der Waals surface area contributed by atoms with Gasteiger partial charge in [0.25, 0.3) is 5.91 Å².